The van der Waals surface area contributed by atoms with Gasteiger partial charge in [-0.3, -0.25) is 14.5 Å². The molecule has 8 heteroatoms. The maximum Gasteiger partial charge on any atom is 0.471 e. The van der Waals surface area contributed by atoms with Crippen molar-refractivity contribution in [3.05, 3.63) is 35.9 Å². The molecule has 1 aromatic carbocycles. The summed E-state index contributed by atoms with van der Waals surface area (Å²) >= 11 is 1.35. The van der Waals surface area contributed by atoms with E-state index in [4.69, 9.17) is 16.0 Å². The van der Waals surface area contributed by atoms with Gasteiger partial charge in [0.25, 0.3) is 0 Å². The number of rotatable bonds is 4. The van der Waals surface area contributed by atoms with Crippen molar-refractivity contribution in [1.29, 1.82) is 5.41 Å². The lowest BCUT2D eigenvalue weighted by Gasteiger charge is -2.01. The van der Waals surface area contributed by atoms with Crippen molar-refractivity contribution in [2.24, 2.45) is 5.73 Å². The molecule has 0 saturated heterocycles. The van der Waals surface area contributed by atoms with E-state index in [0.29, 0.717) is 0 Å². The molecular formula is C10H17N2O4PS. The number of thioether (sulfide) groups is 1. The van der Waals surface area contributed by atoms with Gasteiger partial charge in [0, 0.05) is 20.0 Å². The second kappa shape index (κ2) is 9.13. The number of hydrogen-bond donors (Lipinski definition) is 3. The largest absolute Gasteiger partial charge is 0.471 e. The molecule has 0 fully saturated rings. The van der Waals surface area contributed by atoms with Gasteiger partial charge in [-0.05, 0) is 5.56 Å². The first kappa shape index (κ1) is 17.2. The van der Waals surface area contributed by atoms with E-state index in [9.17, 15) is 4.57 Å². The average Bonchev–Trinajstić information content (AvgIpc) is 2.38. The smallest absolute Gasteiger partial charge is 0.379 e. The molecule has 0 amide bonds. The van der Waals surface area contributed by atoms with Gasteiger partial charge in [-0.1, -0.05) is 42.1 Å². The van der Waals surface area contributed by atoms with E-state index in [0.717, 1.165) is 20.0 Å². The van der Waals surface area contributed by atoms with E-state index in [1.54, 1.807) is 0 Å². The lowest BCUT2D eigenvalue weighted by molar-refractivity contribution is 0.204. The summed E-state index contributed by atoms with van der Waals surface area (Å²) in [5, 5.41) is 7.16. The number of phosphoric acid groups is 1. The summed E-state index contributed by atoms with van der Waals surface area (Å²) in [6.45, 7) is 0. The molecule has 0 radical (unpaired) electrons. The second-order valence-electron chi connectivity index (χ2n) is 2.97. The maximum atomic E-state index is 10.1. The highest BCUT2D eigenvalue weighted by atomic mass is 32.2. The molecule has 18 heavy (non-hydrogen) atoms. The quantitative estimate of drug-likeness (QED) is 0.446. The van der Waals surface area contributed by atoms with E-state index in [-0.39, 0.29) is 5.17 Å². The summed E-state index contributed by atoms with van der Waals surface area (Å²) < 4.78 is 18.0. The third-order valence-electron chi connectivity index (χ3n) is 1.70. The lowest BCUT2D eigenvalue weighted by atomic mass is 10.2. The van der Waals surface area contributed by atoms with Crippen LogP contribution >= 0.6 is 19.6 Å². The Bertz CT molecular complexity index is 394. The predicted molar refractivity (Wildman–Crippen MR) is 73.5 cm³/mol. The molecule has 0 aliphatic heterocycles. The predicted octanol–water partition coefficient (Wildman–Crippen LogP) is 2.19. The summed E-state index contributed by atoms with van der Waals surface area (Å²) in [5.41, 5.74) is 6.39. The molecule has 0 heterocycles. The second-order valence-corrected chi connectivity index (χ2v) is 5.66. The number of amidine groups is 1. The maximum absolute atomic E-state index is 10.1. The van der Waals surface area contributed by atoms with Crippen molar-refractivity contribution >= 4 is 24.8 Å². The minimum absolute atomic E-state index is 0.175. The van der Waals surface area contributed by atoms with Gasteiger partial charge in [0.05, 0.1) is 0 Å². The highest BCUT2D eigenvalue weighted by Gasteiger charge is 2.13. The van der Waals surface area contributed by atoms with Gasteiger partial charge in [0.15, 0.2) is 5.17 Å². The molecule has 0 aliphatic carbocycles. The summed E-state index contributed by atoms with van der Waals surface area (Å²) in [6, 6.07) is 9.99. The van der Waals surface area contributed by atoms with Crippen LogP contribution in [-0.4, -0.2) is 24.3 Å². The monoisotopic (exact) mass is 292 g/mol. The fourth-order valence-electron chi connectivity index (χ4n) is 0.810. The highest BCUT2D eigenvalue weighted by Crippen LogP contribution is 2.40. The Labute approximate surface area is 111 Å². The van der Waals surface area contributed by atoms with Crippen molar-refractivity contribution in [2.75, 3.05) is 14.2 Å². The normalized spacial score (nSPS) is 10.4. The van der Waals surface area contributed by atoms with Crippen molar-refractivity contribution in [3.63, 3.8) is 0 Å². The zero-order chi connectivity index (χ0) is 14.0. The van der Waals surface area contributed by atoms with E-state index < -0.39 is 7.82 Å². The fourth-order valence-corrected chi connectivity index (χ4v) is 1.47. The molecule has 0 bridgehead atoms. The number of nitrogens with one attached hydrogen (secondary N) is 1. The SMILES string of the molecule is COP(=O)(O)OC.N=C(N)SCc1ccccc1. The molecule has 1 aromatic rings. The van der Waals surface area contributed by atoms with Gasteiger partial charge >= 0.3 is 7.82 Å². The zero-order valence-electron chi connectivity index (χ0n) is 10.2. The van der Waals surface area contributed by atoms with Gasteiger partial charge in [0.1, 0.15) is 0 Å². The Hall–Kier alpha value is -0.850. The molecule has 0 aliphatic rings. The summed E-state index contributed by atoms with van der Waals surface area (Å²) in [7, 11) is -1.45. The van der Waals surface area contributed by atoms with Crippen molar-refractivity contribution in [2.45, 2.75) is 5.75 Å². The topological polar surface area (TPSA) is 106 Å². The first-order chi connectivity index (χ1) is 8.41. The Balaban J connectivity index is 0.000000360. The Morgan fingerprint density at radius 1 is 1.39 bits per heavy atom. The minimum atomic E-state index is -3.65. The molecule has 0 saturated carbocycles. The van der Waals surface area contributed by atoms with Gasteiger partial charge in [-0.2, -0.15) is 0 Å². The third-order valence-corrected chi connectivity index (χ3v) is 3.41. The average molecular weight is 292 g/mol. The zero-order valence-corrected chi connectivity index (χ0v) is 11.9. The molecule has 1 rings (SSSR count). The van der Waals surface area contributed by atoms with Crippen LogP contribution < -0.4 is 5.73 Å². The first-order valence-electron chi connectivity index (χ1n) is 4.86. The van der Waals surface area contributed by atoms with Crippen LogP contribution in [0.5, 0.6) is 0 Å². The van der Waals surface area contributed by atoms with Crippen molar-refractivity contribution in [1.82, 2.24) is 0 Å². The van der Waals surface area contributed by atoms with Gasteiger partial charge in [-0.15, -0.1) is 0 Å². The van der Waals surface area contributed by atoms with Crippen molar-refractivity contribution < 1.29 is 18.5 Å². The standard InChI is InChI=1S/C8H10N2S.C2H7O4P/c9-8(10)11-6-7-4-2-1-3-5-7;1-5-7(3,4)6-2/h1-5H,6H2,(H3,9,10);1-2H3,(H,3,4). The van der Waals surface area contributed by atoms with Gasteiger partial charge in [0.2, 0.25) is 0 Å². The highest BCUT2D eigenvalue weighted by molar-refractivity contribution is 8.13. The molecule has 0 aromatic heterocycles. The van der Waals surface area contributed by atoms with Crippen LogP contribution in [0.15, 0.2) is 30.3 Å². The molecule has 0 unspecified atom stereocenters. The van der Waals surface area contributed by atoms with Crippen LogP contribution in [-0.2, 0) is 19.4 Å². The summed E-state index contributed by atoms with van der Waals surface area (Å²) in [5.74, 6) is 0.788. The van der Waals surface area contributed by atoms with Gasteiger partial charge < -0.3 is 10.6 Å². The van der Waals surface area contributed by atoms with Crippen LogP contribution in [0, 0.1) is 5.41 Å². The van der Waals surface area contributed by atoms with Crippen LogP contribution in [0.3, 0.4) is 0 Å². The molecule has 0 spiro atoms. The molecular weight excluding hydrogens is 275 g/mol. The fraction of sp³-hybridized carbons (Fsp3) is 0.300. The van der Waals surface area contributed by atoms with Crippen LogP contribution in [0.2, 0.25) is 0 Å². The number of benzene rings is 1. The van der Waals surface area contributed by atoms with E-state index in [1.807, 2.05) is 30.3 Å². The van der Waals surface area contributed by atoms with Crippen LogP contribution in [0.4, 0.5) is 0 Å². The number of hydrogen-bond acceptors (Lipinski definition) is 5. The number of phosphoric ester groups is 1. The van der Waals surface area contributed by atoms with E-state index in [1.165, 1.54) is 17.3 Å². The van der Waals surface area contributed by atoms with E-state index in [2.05, 4.69) is 9.05 Å². The molecule has 6 nitrogen and oxygen atoms in total. The van der Waals surface area contributed by atoms with Crippen LogP contribution in [0.25, 0.3) is 0 Å². The molecule has 0 atom stereocenters. The lowest BCUT2D eigenvalue weighted by Crippen LogP contribution is -2.03. The molecule has 102 valence electrons. The number of nitrogens with two attached hydrogens (primary N) is 1. The Morgan fingerprint density at radius 3 is 2.22 bits per heavy atom. The van der Waals surface area contributed by atoms with Crippen molar-refractivity contribution in [3.8, 4) is 0 Å². The minimum Gasteiger partial charge on any atom is -0.379 e. The Morgan fingerprint density at radius 2 is 1.89 bits per heavy atom. The molecule has 4 N–H and O–H groups in total. The van der Waals surface area contributed by atoms with Gasteiger partial charge in [-0.25, -0.2) is 4.57 Å². The summed E-state index contributed by atoms with van der Waals surface area (Å²) in [4.78, 5) is 8.24. The summed E-state index contributed by atoms with van der Waals surface area (Å²) in [6.07, 6.45) is 0. The Kier molecular flexibility index (Phi) is 8.70. The first-order valence-corrected chi connectivity index (χ1v) is 7.34. The van der Waals surface area contributed by atoms with Crippen LogP contribution in [0.1, 0.15) is 5.56 Å². The third kappa shape index (κ3) is 9.21. The van der Waals surface area contributed by atoms with E-state index >= 15 is 0 Å².